The first-order valence-corrected chi connectivity index (χ1v) is 15.2. The van der Waals surface area contributed by atoms with Crippen molar-refractivity contribution >= 4 is 35.8 Å². The lowest BCUT2D eigenvalue weighted by atomic mass is 9.45. The van der Waals surface area contributed by atoms with Crippen LogP contribution in [0.3, 0.4) is 0 Å². The number of hydrogen-bond donors (Lipinski definition) is 1. The number of esters is 6. The van der Waals surface area contributed by atoms with E-state index in [4.69, 9.17) is 37.6 Å². The van der Waals surface area contributed by atoms with Gasteiger partial charge in [0.05, 0.1) is 34.9 Å². The summed E-state index contributed by atoms with van der Waals surface area (Å²) in [5.41, 5.74) is -8.16. The van der Waals surface area contributed by atoms with Crippen molar-refractivity contribution < 1.29 is 71.4 Å². The van der Waals surface area contributed by atoms with Gasteiger partial charge in [-0.2, -0.15) is 0 Å². The molecule has 2 heterocycles. The van der Waals surface area contributed by atoms with Crippen molar-refractivity contribution in [3.63, 3.8) is 0 Å². The van der Waals surface area contributed by atoms with Crippen molar-refractivity contribution in [2.24, 2.45) is 17.3 Å². The lowest BCUT2D eigenvalue weighted by molar-refractivity contribution is -0.363. The molecule has 3 aliphatic rings. The van der Waals surface area contributed by atoms with Crippen LogP contribution in [0.4, 0.5) is 0 Å². The van der Waals surface area contributed by atoms with Crippen LogP contribution in [-0.2, 0) is 57.1 Å². The van der Waals surface area contributed by atoms with E-state index < -0.39 is 113 Å². The van der Waals surface area contributed by atoms with E-state index >= 15 is 0 Å². The summed E-state index contributed by atoms with van der Waals surface area (Å²) in [5.74, 6) is -6.96. The first-order chi connectivity index (χ1) is 21.7. The third kappa shape index (κ3) is 5.99. The molecule has 0 radical (unpaired) electrons. The van der Waals surface area contributed by atoms with Crippen LogP contribution in [0.15, 0.2) is 23.0 Å². The van der Waals surface area contributed by atoms with Crippen LogP contribution < -0.4 is 0 Å². The van der Waals surface area contributed by atoms with Gasteiger partial charge in [0.2, 0.25) is 0 Å². The minimum Gasteiger partial charge on any atom is -0.472 e. The Morgan fingerprint density at radius 2 is 1.45 bits per heavy atom. The third-order valence-corrected chi connectivity index (χ3v) is 9.18. The second-order valence-electron chi connectivity index (χ2n) is 13.4. The smallest absolute Gasteiger partial charge is 0.341 e. The molecule has 1 N–H and O–H groups in total. The third-order valence-electron chi connectivity index (χ3n) is 9.18. The average molecular weight is 667 g/mol. The maximum atomic E-state index is 13.8. The Hall–Kier alpha value is -3.98. The summed E-state index contributed by atoms with van der Waals surface area (Å²) in [6, 6.07) is 1.31. The first-order valence-electron chi connectivity index (χ1n) is 15.2. The Balaban J connectivity index is 2.19. The van der Waals surface area contributed by atoms with E-state index in [0.717, 1.165) is 34.0 Å². The van der Waals surface area contributed by atoms with Crippen LogP contribution in [0.25, 0.3) is 0 Å². The molecule has 15 nitrogen and oxygen atoms in total. The van der Waals surface area contributed by atoms with Crippen LogP contribution in [0, 0.1) is 17.3 Å². The van der Waals surface area contributed by atoms with E-state index in [1.807, 2.05) is 0 Å². The fraction of sp³-hybridized carbons (Fsp3) is 0.688. The molecule has 260 valence electrons. The topological polar surface area (TPSA) is 200 Å². The van der Waals surface area contributed by atoms with E-state index in [9.17, 15) is 33.9 Å². The standard InChI is InChI=1S/C32H42O15/c1-15(2)27(37)45-23-22-25(44-19(6)36)32(47-29(22,7)8)30(9,39)12-21(42-17(4)34)24(43-18(5)35)31(32,14-41-16(3)33)26(23)46-28(38)20-10-11-40-13-20/h10-11,13,15,21-26,39H,12,14H2,1-9H3/t21-,22+,23+,24-,25?,26-,30-,31-,32-/m0/s1. The Morgan fingerprint density at radius 3 is 1.96 bits per heavy atom. The van der Waals surface area contributed by atoms with Crippen molar-refractivity contribution in [3.05, 3.63) is 24.2 Å². The van der Waals surface area contributed by atoms with Crippen LogP contribution in [0.2, 0.25) is 0 Å². The number of furan rings is 1. The molecular weight excluding hydrogens is 624 g/mol. The van der Waals surface area contributed by atoms with Gasteiger partial charge in [-0.15, -0.1) is 0 Å². The Labute approximate surface area is 271 Å². The van der Waals surface area contributed by atoms with Gasteiger partial charge in [0, 0.05) is 34.1 Å². The summed E-state index contributed by atoms with van der Waals surface area (Å²) >= 11 is 0. The summed E-state index contributed by atoms with van der Waals surface area (Å²) in [5, 5.41) is 12.6. The normalized spacial score (nSPS) is 35.2. The number of fused-ring (bicyclic) bond motifs is 1. The lowest BCUT2D eigenvalue weighted by Gasteiger charge is -2.66. The van der Waals surface area contributed by atoms with Crippen molar-refractivity contribution in [1.29, 1.82) is 0 Å². The quantitative estimate of drug-likeness (QED) is 0.296. The maximum absolute atomic E-state index is 13.8. The maximum Gasteiger partial charge on any atom is 0.341 e. The van der Waals surface area contributed by atoms with E-state index in [2.05, 4.69) is 0 Å². The average Bonchev–Trinajstić information content (AvgIpc) is 3.52. The number of rotatable bonds is 9. The summed E-state index contributed by atoms with van der Waals surface area (Å²) < 4.78 is 47.2. The van der Waals surface area contributed by atoms with Gasteiger partial charge in [0.1, 0.15) is 36.6 Å². The molecule has 2 bridgehead atoms. The molecule has 15 heteroatoms. The van der Waals surface area contributed by atoms with E-state index in [-0.39, 0.29) is 5.56 Å². The molecule has 3 fully saturated rings. The number of hydrogen-bond acceptors (Lipinski definition) is 15. The van der Waals surface area contributed by atoms with Crippen molar-refractivity contribution in [1.82, 2.24) is 0 Å². The number of aliphatic hydroxyl groups is 1. The van der Waals surface area contributed by atoms with Gasteiger partial charge >= 0.3 is 35.8 Å². The van der Waals surface area contributed by atoms with Crippen LogP contribution >= 0.6 is 0 Å². The van der Waals surface area contributed by atoms with E-state index in [1.165, 1.54) is 19.3 Å². The fourth-order valence-corrected chi connectivity index (χ4v) is 7.70. The molecule has 1 saturated heterocycles. The van der Waals surface area contributed by atoms with Gasteiger partial charge in [-0.25, -0.2) is 4.79 Å². The summed E-state index contributed by atoms with van der Waals surface area (Å²) in [6.07, 6.45) is -6.09. The van der Waals surface area contributed by atoms with Crippen LogP contribution in [-0.4, -0.2) is 94.9 Å². The lowest BCUT2D eigenvalue weighted by Crippen LogP contribution is -2.85. The molecule has 47 heavy (non-hydrogen) atoms. The molecule has 1 aromatic rings. The Morgan fingerprint density at radius 1 is 0.851 bits per heavy atom. The molecule has 0 aromatic carbocycles. The highest BCUT2D eigenvalue weighted by atomic mass is 16.7. The molecular formula is C32H42O15. The van der Waals surface area contributed by atoms with E-state index in [0.29, 0.717) is 0 Å². The largest absolute Gasteiger partial charge is 0.472 e. The monoisotopic (exact) mass is 666 g/mol. The molecule has 1 aliphatic heterocycles. The minimum absolute atomic E-state index is 0.0617. The van der Waals surface area contributed by atoms with Crippen molar-refractivity contribution in [2.75, 3.05) is 6.61 Å². The summed E-state index contributed by atoms with van der Waals surface area (Å²) in [6.45, 7) is 11.2. The van der Waals surface area contributed by atoms with Gasteiger partial charge in [-0.05, 0) is 26.8 Å². The molecule has 4 rings (SSSR count). The van der Waals surface area contributed by atoms with Gasteiger partial charge in [-0.3, -0.25) is 24.0 Å². The zero-order chi connectivity index (χ0) is 35.3. The fourth-order valence-electron chi connectivity index (χ4n) is 7.70. The van der Waals surface area contributed by atoms with Gasteiger partial charge in [-0.1, -0.05) is 13.8 Å². The van der Waals surface area contributed by atoms with Crippen LogP contribution in [0.1, 0.15) is 79.1 Å². The molecule has 1 spiro atoms. The highest BCUT2D eigenvalue weighted by Gasteiger charge is 2.89. The highest BCUT2D eigenvalue weighted by Crippen LogP contribution is 2.69. The predicted molar refractivity (Wildman–Crippen MR) is 155 cm³/mol. The second-order valence-corrected chi connectivity index (χ2v) is 13.4. The van der Waals surface area contributed by atoms with Gasteiger partial charge in [0.25, 0.3) is 0 Å². The Kier molecular flexibility index (Phi) is 9.59. The van der Waals surface area contributed by atoms with Crippen molar-refractivity contribution in [3.8, 4) is 0 Å². The van der Waals surface area contributed by atoms with Crippen molar-refractivity contribution in [2.45, 2.75) is 116 Å². The minimum atomic E-state index is -2.28. The Bertz CT molecular complexity index is 1410. The molecule has 1 aromatic heterocycles. The van der Waals surface area contributed by atoms with E-state index in [1.54, 1.807) is 27.7 Å². The second kappa shape index (κ2) is 12.6. The summed E-state index contributed by atoms with van der Waals surface area (Å²) in [7, 11) is 0. The summed E-state index contributed by atoms with van der Waals surface area (Å²) in [4.78, 5) is 77.9. The predicted octanol–water partition coefficient (Wildman–Crippen LogP) is 2.05. The molecule has 0 amide bonds. The number of ether oxygens (including phenoxy) is 7. The molecule has 1 unspecified atom stereocenters. The number of carbonyl (C=O) groups is 6. The number of carbonyl (C=O) groups excluding carboxylic acids is 6. The molecule has 9 atom stereocenters. The highest BCUT2D eigenvalue weighted by molar-refractivity contribution is 5.89. The van der Waals surface area contributed by atoms with Crippen LogP contribution in [0.5, 0.6) is 0 Å². The van der Waals surface area contributed by atoms with Gasteiger partial charge in [0.15, 0.2) is 17.8 Å². The zero-order valence-electron chi connectivity index (χ0n) is 27.9. The first kappa shape index (κ1) is 35.9. The molecule has 2 saturated carbocycles. The zero-order valence-corrected chi connectivity index (χ0v) is 27.9. The SMILES string of the molecule is CC(=O)OC[C@]12[C@@H](OC(=O)c3ccoc3)[C@H](OC(=O)C(C)C)[C@@H]3C(OC(C)=O)[C@]1(OC3(C)C)[C@@](C)(O)C[C@H](OC(C)=O)[C@@H]2OC(C)=O. The van der Waals surface area contributed by atoms with Gasteiger partial charge < -0.3 is 42.7 Å². The molecule has 2 aliphatic carbocycles.